The van der Waals surface area contributed by atoms with Gasteiger partial charge in [0.05, 0.1) is 17.1 Å². The summed E-state index contributed by atoms with van der Waals surface area (Å²) in [6.45, 7) is 1.35. The van der Waals surface area contributed by atoms with E-state index in [0.717, 1.165) is 28.4 Å². The van der Waals surface area contributed by atoms with Crippen LogP contribution in [0.2, 0.25) is 0 Å². The molecule has 1 aliphatic rings. The summed E-state index contributed by atoms with van der Waals surface area (Å²) in [5, 5.41) is 13.7. The first-order valence-corrected chi connectivity index (χ1v) is 9.06. The van der Waals surface area contributed by atoms with Crippen molar-refractivity contribution in [2.45, 2.75) is 12.5 Å². The minimum absolute atomic E-state index is 0.0966. The van der Waals surface area contributed by atoms with Gasteiger partial charge in [-0.15, -0.1) is 0 Å². The van der Waals surface area contributed by atoms with Crippen LogP contribution >= 0.6 is 0 Å². The lowest BCUT2D eigenvalue weighted by Crippen LogP contribution is -2.40. The molecule has 0 unspecified atom stereocenters. The fraction of sp³-hybridized carbons (Fsp3) is 0.300. The van der Waals surface area contributed by atoms with Gasteiger partial charge in [-0.2, -0.15) is 5.26 Å². The normalized spacial score (nSPS) is 16.3. The quantitative estimate of drug-likeness (QED) is 0.738. The van der Waals surface area contributed by atoms with E-state index in [1.54, 1.807) is 13.1 Å². The lowest BCUT2D eigenvalue weighted by Gasteiger charge is -2.22. The molecule has 8 nitrogen and oxygen atoms in total. The summed E-state index contributed by atoms with van der Waals surface area (Å²) < 4.78 is 2.59. The highest BCUT2D eigenvalue weighted by molar-refractivity contribution is 5.86. The molecule has 0 aliphatic carbocycles. The van der Waals surface area contributed by atoms with Gasteiger partial charge < -0.3 is 10.2 Å². The average Bonchev–Trinajstić information content (AvgIpc) is 3.16. The molecule has 142 valence electrons. The number of anilines is 2. The minimum Gasteiger partial charge on any atom is -0.365 e. The van der Waals surface area contributed by atoms with E-state index in [2.05, 4.69) is 16.4 Å². The smallest absolute Gasteiger partial charge is 0.332 e. The van der Waals surface area contributed by atoms with Crippen LogP contribution in [0.25, 0.3) is 10.9 Å². The fourth-order valence-electron chi connectivity index (χ4n) is 3.66. The molecule has 1 saturated heterocycles. The number of rotatable bonds is 3. The monoisotopic (exact) mass is 376 g/mol. The van der Waals surface area contributed by atoms with Crippen LogP contribution in [0.5, 0.6) is 0 Å². The van der Waals surface area contributed by atoms with Crippen molar-refractivity contribution >= 4 is 22.5 Å². The molecule has 2 aromatic heterocycles. The molecule has 1 N–H and O–H groups in total. The molecule has 1 aromatic carbocycles. The van der Waals surface area contributed by atoms with Gasteiger partial charge in [0.15, 0.2) is 0 Å². The summed E-state index contributed by atoms with van der Waals surface area (Å²) in [7, 11) is 3.14. The highest BCUT2D eigenvalue weighted by atomic mass is 16.2. The van der Waals surface area contributed by atoms with E-state index in [4.69, 9.17) is 0 Å². The number of pyridine rings is 1. The molecule has 1 atom stereocenters. The summed E-state index contributed by atoms with van der Waals surface area (Å²) in [6.07, 6.45) is 0.833. The van der Waals surface area contributed by atoms with Crippen molar-refractivity contribution in [3.05, 3.63) is 62.8 Å². The Hall–Kier alpha value is -3.60. The molecule has 0 amide bonds. The number of nitrogens with zero attached hydrogens (tertiary/aromatic N) is 5. The maximum absolute atomic E-state index is 12.2. The van der Waals surface area contributed by atoms with Gasteiger partial charge in [0.2, 0.25) is 0 Å². The number of para-hydroxylation sites is 1. The molecule has 0 radical (unpaired) electrons. The fourth-order valence-corrected chi connectivity index (χ4v) is 3.66. The van der Waals surface area contributed by atoms with Crippen molar-refractivity contribution < 1.29 is 0 Å². The first-order valence-electron chi connectivity index (χ1n) is 9.06. The minimum atomic E-state index is -0.339. The Balaban J connectivity index is 1.58. The Morgan fingerprint density at radius 1 is 1.18 bits per heavy atom. The number of hydrogen-bond donors (Lipinski definition) is 1. The van der Waals surface area contributed by atoms with Crippen LogP contribution in [-0.4, -0.2) is 33.2 Å². The Morgan fingerprint density at radius 2 is 1.96 bits per heavy atom. The lowest BCUT2D eigenvalue weighted by atomic mass is 10.1. The van der Waals surface area contributed by atoms with Gasteiger partial charge in [-0.1, -0.05) is 18.2 Å². The van der Waals surface area contributed by atoms with Crippen LogP contribution in [0.3, 0.4) is 0 Å². The number of benzene rings is 1. The van der Waals surface area contributed by atoms with Crippen LogP contribution in [-0.2, 0) is 14.1 Å². The number of hydrogen-bond acceptors (Lipinski definition) is 6. The predicted octanol–water partition coefficient (Wildman–Crippen LogP) is 1.19. The van der Waals surface area contributed by atoms with Crippen molar-refractivity contribution in [3.63, 3.8) is 0 Å². The van der Waals surface area contributed by atoms with Crippen LogP contribution in [0, 0.1) is 11.3 Å². The third-order valence-corrected chi connectivity index (χ3v) is 5.20. The molecular formula is C20H20N6O2. The Kier molecular flexibility index (Phi) is 4.35. The van der Waals surface area contributed by atoms with Crippen LogP contribution in [0.4, 0.5) is 11.6 Å². The van der Waals surface area contributed by atoms with Crippen LogP contribution in [0.15, 0.2) is 46.0 Å². The van der Waals surface area contributed by atoms with E-state index in [0.29, 0.717) is 23.7 Å². The third-order valence-electron chi connectivity index (χ3n) is 5.20. The van der Waals surface area contributed by atoms with E-state index in [9.17, 15) is 14.9 Å². The van der Waals surface area contributed by atoms with Crippen LogP contribution < -0.4 is 21.5 Å². The van der Waals surface area contributed by atoms with Crippen molar-refractivity contribution in [1.29, 1.82) is 5.26 Å². The Morgan fingerprint density at radius 3 is 2.75 bits per heavy atom. The van der Waals surface area contributed by atoms with E-state index in [1.807, 2.05) is 29.2 Å². The summed E-state index contributed by atoms with van der Waals surface area (Å²) in [6, 6.07) is 13.1. The highest BCUT2D eigenvalue weighted by Crippen LogP contribution is 2.23. The number of fused-ring (bicyclic) bond motifs is 1. The van der Waals surface area contributed by atoms with Gasteiger partial charge in [0.25, 0.3) is 5.56 Å². The van der Waals surface area contributed by atoms with E-state index < -0.39 is 0 Å². The molecule has 1 fully saturated rings. The molecule has 0 bridgehead atoms. The van der Waals surface area contributed by atoms with Gasteiger partial charge in [-0.25, -0.2) is 9.78 Å². The lowest BCUT2D eigenvalue weighted by molar-refractivity contribution is 0.672. The SMILES string of the molecule is Cn1c(N2CC[C@H](Nc3cc(C#N)c4ccccc4n3)C2)cc(=O)n(C)c1=O. The summed E-state index contributed by atoms with van der Waals surface area (Å²) >= 11 is 0. The number of nitrogens with one attached hydrogen (secondary N) is 1. The van der Waals surface area contributed by atoms with Crippen molar-refractivity contribution in [2.75, 3.05) is 23.3 Å². The number of aromatic nitrogens is 3. The maximum atomic E-state index is 12.2. The standard InChI is InChI=1S/C20H20N6O2/c1-24-18(10-19(27)25(2)20(24)28)26-8-7-14(12-26)22-17-9-13(11-21)15-5-3-4-6-16(15)23-17/h3-6,9-10,14H,7-8,12H2,1-2H3,(H,22,23)/t14-/m0/s1. The molecule has 3 heterocycles. The summed E-state index contributed by atoms with van der Waals surface area (Å²) in [5.41, 5.74) is 0.697. The molecule has 1 aliphatic heterocycles. The van der Waals surface area contributed by atoms with Gasteiger partial charge in [0.1, 0.15) is 11.6 Å². The third kappa shape index (κ3) is 3.01. The topological polar surface area (TPSA) is 95.9 Å². The second kappa shape index (κ2) is 6.85. The van der Waals surface area contributed by atoms with E-state index in [-0.39, 0.29) is 17.3 Å². The molecule has 0 saturated carbocycles. The number of nitriles is 1. The van der Waals surface area contributed by atoms with Gasteiger partial charge in [0, 0.05) is 44.7 Å². The van der Waals surface area contributed by atoms with E-state index >= 15 is 0 Å². The van der Waals surface area contributed by atoms with Crippen molar-refractivity contribution in [3.8, 4) is 6.07 Å². The molecule has 0 spiro atoms. The summed E-state index contributed by atoms with van der Waals surface area (Å²) in [4.78, 5) is 30.8. The maximum Gasteiger partial charge on any atom is 0.332 e. The second-order valence-electron chi connectivity index (χ2n) is 7.00. The van der Waals surface area contributed by atoms with Gasteiger partial charge in [-0.3, -0.25) is 13.9 Å². The zero-order chi connectivity index (χ0) is 19.8. The van der Waals surface area contributed by atoms with Gasteiger partial charge in [-0.05, 0) is 18.6 Å². The Labute approximate surface area is 161 Å². The zero-order valence-corrected chi connectivity index (χ0v) is 15.7. The van der Waals surface area contributed by atoms with E-state index in [1.165, 1.54) is 17.7 Å². The first-order chi connectivity index (χ1) is 13.5. The van der Waals surface area contributed by atoms with Crippen molar-refractivity contribution in [1.82, 2.24) is 14.1 Å². The molecule has 3 aromatic rings. The Bertz CT molecular complexity index is 1220. The molecule has 4 rings (SSSR count). The predicted molar refractivity (Wildman–Crippen MR) is 108 cm³/mol. The second-order valence-corrected chi connectivity index (χ2v) is 7.00. The molecule has 28 heavy (non-hydrogen) atoms. The van der Waals surface area contributed by atoms with Crippen LogP contribution in [0.1, 0.15) is 12.0 Å². The molecular weight excluding hydrogens is 356 g/mol. The average molecular weight is 376 g/mol. The zero-order valence-electron chi connectivity index (χ0n) is 15.7. The summed E-state index contributed by atoms with van der Waals surface area (Å²) in [5.74, 6) is 1.27. The molecule has 8 heteroatoms. The van der Waals surface area contributed by atoms with Crippen molar-refractivity contribution in [2.24, 2.45) is 14.1 Å². The van der Waals surface area contributed by atoms with Gasteiger partial charge >= 0.3 is 5.69 Å². The highest BCUT2D eigenvalue weighted by Gasteiger charge is 2.25. The largest absolute Gasteiger partial charge is 0.365 e. The first kappa shape index (κ1) is 17.8.